The second-order valence-corrected chi connectivity index (χ2v) is 3.16. The van der Waals surface area contributed by atoms with Gasteiger partial charge in [0.1, 0.15) is 5.75 Å². The van der Waals surface area contributed by atoms with E-state index in [1.54, 1.807) is 7.11 Å². The van der Waals surface area contributed by atoms with Crippen LogP contribution in [0.15, 0.2) is 30.3 Å². The third-order valence-corrected chi connectivity index (χ3v) is 2.15. The van der Waals surface area contributed by atoms with Crippen molar-refractivity contribution in [3.05, 3.63) is 35.9 Å². The molecule has 0 fully saturated rings. The molecule has 0 aromatic heterocycles. The largest absolute Gasteiger partial charge is 0.496 e. The van der Waals surface area contributed by atoms with Crippen molar-refractivity contribution >= 4 is 5.57 Å². The van der Waals surface area contributed by atoms with E-state index < -0.39 is 0 Å². The molecule has 0 aliphatic rings. The Balaban J connectivity index is 2.93. The second-order valence-electron chi connectivity index (χ2n) is 3.16. The van der Waals surface area contributed by atoms with Crippen molar-refractivity contribution in [3.8, 4) is 5.75 Å². The molecule has 0 aliphatic carbocycles. The number of hydrogen-bond donors (Lipinski definition) is 1. The smallest absolute Gasteiger partial charge is 0.126 e. The third-order valence-electron chi connectivity index (χ3n) is 2.15. The number of benzene rings is 1. The van der Waals surface area contributed by atoms with Gasteiger partial charge >= 0.3 is 0 Å². The molecule has 0 saturated heterocycles. The summed E-state index contributed by atoms with van der Waals surface area (Å²) in [4.78, 5) is 0. The van der Waals surface area contributed by atoms with Crippen molar-refractivity contribution < 1.29 is 4.74 Å². The van der Waals surface area contributed by atoms with Crippen molar-refractivity contribution in [1.29, 1.82) is 0 Å². The summed E-state index contributed by atoms with van der Waals surface area (Å²) in [6, 6.07) is 8.01. The Morgan fingerprint density at radius 3 is 2.79 bits per heavy atom. The van der Waals surface area contributed by atoms with Crippen molar-refractivity contribution in [2.75, 3.05) is 13.7 Å². The summed E-state index contributed by atoms with van der Waals surface area (Å²) >= 11 is 0. The molecule has 0 heterocycles. The van der Waals surface area contributed by atoms with E-state index in [4.69, 9.17) is 10.5 Å². The molecule has 2 heteroatoms. The summed E-state index contributed by atoms with van der Waals surface area (Å²) in [5.74, 6) is 0.915. The van der Waals surface area contributed by atoms with Crippen LogP contribution in [0.2, 0.25) is 0 Å². The van der Waals surface area contributed by atoms with Gasteiger partial charge in [-0.05, 0) is 31.5 Å². The number of methoxy groups -OCH3 is 1. The maximum Gasteiger partial charge on any atom is 0.126 e. The van der Waals surface area contributed by atoms with E-state index >= 15 is 0 Å². The fraction of sp³-hybridized carbons (Fsp3) is 0.333. The highest BCUT2D eigenvalue weighted by atomic mass is 16.5. The van der Waals surface area contributed by atoms with Crippen LogP contribution in [0.3, 0.4) is 0 Å². The number of allylic oxidation sites excluding steroid dienone is 1. The van der Waals surface area contributed by atoms with Gasteiger partial charge in [-0.2, -0.15) is 0 Å². The van der Waals surface area contributed by atoms with Gasteiger partial charge in [-0.25, -0.2) is 0 Å². The molecule has 0 saturated carbocycles. The van der Waals surface area contributed by atoms with E-state index in [1.165, 1.54) is 5.57 Å². The fourth-order valence-corrected chi connectivity index (χ4v) is 1.38. The highest BCUT2D eigenvalue weighted by Gasteiger charge is 2.01. The lowest BCUT2D eigenvalue weighted by atomic mass is 10.1. The first kappa shape index (κ1) is 10.8. The lowest BCUT2D eigenvalue weighted by Gasteiger charge is -2.08. The van der Waals surface area contributed by atoms with Gasteiger partial charge in [0, 0.05) is 5.56 Å². The minimum Gasteiger partial charge on any atom is -0.496 e. The molecule has 1 aromatic carbocycles. The lowest BCUT2D eigenvalue weighted by Crippen LogP contribution is -1.96. The predicted molar refractivity (Wildman–Crippen MR) is 60.3 cm³/mol. The minimum atomic E-state index is 0.687. The van der Waals surface area contributed by atoms with Crippen LogP contribution < -0.4 is 10.5 Å². The zero-order chi connectivity index (χ0) is 10.4. The van der Waals surface area contributed by atoms with Crippen LogP contribution >= 0.6 is 0 Å². The van der Waals surface area contributed by atoms with Crippen LogP contribution in [-0.2, 0) is 0 Å². The van der Waals surface area contributed by atoms with E-state index in [-0.39, 0.29) is 0 Å². The molecular formula is C12H17NO. The number of nitrogens with two attached hydrogens (primary N) is 1. The van der Waals surface area contributed by atoms with Crippen LogP contribution in [0.25, 0.3) is 5.57 Å². The highest BCUT2D eigenvalue weighted by Crippen LogP contribution is 2.25. The normalized spacial score (nSPS) is 11.5. The van der Waals surface area contributed by atoms with Crippen molar-refractivity contribution in [2.24, 2.45) is 5.73 Å². The monoisotopic (exact) mass is 191 g/mol. The van der Waals surface area contributed by atoms with E-state index in [9.17, 15) is 0 Å². The number of para-hydroxylation sites is 1. The lowest BCUT2D eigenvalue weighted by molar-refractivity contribution is 0.413. The summed E-state index contributed by atoms with van der Waals surface area (Å²) in [7, 11) is 1.69. The molecule has 0 amide bonds. The first-order valence-electron chi connectivity index (χ1n) is 4.79. The quantitative estimate of drug-likeness (QED) is 0.793. The maximum atomic E-state index is 5.45. The standard InChI is InChI=1S/C12H17NO/c1-10(6-5-9-13)11-7-3-4-8-12(11)14-2/h3-4,6-8H,5,9,13H2,1-2H3/b10-6+. The summed E-state index contributed by atoms with van der Waals surface area (Å²) < 4.78 is 5.27. The molecule has 2 N–H and O–H groups in total. The Bertz CT molecular complexity index is 318. The number of hydrogen-bond acceptors (Lipinski definition) is 2. The number of ether oxygens (including phenoxy) is 1. The van der Waals surface area contributed by atoms with Crippen LogP contribution in [0.1, 0.15) is 18.9 Å². The molecule has 0 spiro atoms. The molecule has 0 aliphatic heterocycles. The van der Waals surface area contributed by atoms with Gasteiger partial charge in [-0.15, -0.1) is 0 Å². The van der Waals surface area contributed by atoms with E-state index in [0.29, 0.717) is 6.54 Å². The summed E-state index contributed by atoms with van der Waals surface area (Å²) in [5.41, 5.74) is 7.81. The van der Waals surface area contributed by atoms with E-state index in [2.05, 4.69) is 19.1 Å². The first-order chi connectivity index (χ1) is 6.79. The molecule has 1 aromatic rings. The SMILES string of the molecule is COc1ccccc1/C(C)=C/CCN. The molecule has 2 nitrogen and oxygen atoms in total. The van der Waals surface area contributed by atoms with Gasteiger partial charge < -0.3 is 10.5 Å². The molecule has 0 bridgehead atoms. The van der Waals surface area contributed by atoms with Crippen molar-refractivity contribution in [2.45, 2.75) is 13.3 Å². The molecule has 0 radical (unpaired) electrons. The topological polar surface area (TPSA) is 35.2 Å². The Morgan fingerprint density at radius 1 is 1.43 bits per heavy atom. The molecule has 0 atom stereocenters. The van der Waals surface area contributed by atoms with Crippen LogP contribution in [0.4, 0.5) is 0 Å². The fourth-order valence-electron chi connectivity index (χ4n) is 1.38. The Kier molecular flexibility index (Phi) is 4.20. The first-order valence-corrected chi connectivity index (χ1v) is 4.79. The van der Waals surface area contributed by atoms with Gasteiger partial charge in [0.25, 0.3) is 0 Å². The predicted octanol–water partition coefficient (Wildman–Crippen LogP) is 2.45. The van der Waals surface area contributed by atoms with Gasteiger partial charge in [0.05, 0.1) is 7.11 Å². The number of rotatable bonds is 4. The molecule has 0 unspecified atom stereocenters. The molecular weight excluding hydrogens is 174 g/mol. The summed E-state index contributed by atoms with van der Waals surface area (Å²) in [6.45, 7) is 2.76. The molecule has 1 rings (SSSR count). The van der Waals surface area contributed by atoms with Gasteiger partial charge in [0.2, 0.25) is 0 Å². The highest BCUT2D eigenvalue weighted by molar-refractivity contribution is 5.68. The van der Waals surface area contributed by atoms with Crippen LogP contribution in [-0.4, -0.2) is 13.7 Å². The van der Waals surface area contributed by atoms with Crippen molar-refractivity contribution in [3.63, 3.8) is 0 Å². The van der Waals surface area contributed by atoms with Gasteiger partial charge in [-0.3, -0.25) is 0 Å². The van der Waals surface area contributed by atoms with Crippen molar-refractivity contribution in [1.82, 2.24) is 0 Å². The van der Waals surface area contributed by atoms with E-state index in [0.717, 1.165) is 17.7 Å². The average molecular weight is 191 g/mol. The zero-order valence-electron chi connectivity index (χ0n) is 8.79. The third kappa shape index (κ3) is 2.60. The van der Waals surface area contributed by atoms with E-state index in [1.807, 2.05) is 18.2 Å². The minimum absolute atomic E-state index is 0.687. The van der Waals surface area contributed by atoms with Gasteiger partial charge in [0.15, 0.2) is 0 Å². The summed E-state index contributed by atoms with van der Waals surface area (Å²) in [5, 5.41) is 0. The zero-order valence-corrected chi connectivity index (χ0v) is 8.79. The van der Waals surface area contributed by atoms with Gasteiger partial charge in [-0.1, -0.05) is 24.3 Å². The Hall–Kier alpha value is -1.28. The summed E-state index contributed by atoms with van der Waals surface area (Å²) in [6.07, 6.45) is 3.04. The Morgan fingerprint density at radius 2 is 2.14 bits per heavy atom. The second kappa shape index (κ2) is 5.45. The molecule has 14 heavy (non-hydrogen) atoms. The maximum absolute atomic E-state index is 5.45. The van der Waals surface area contributed by atoms with Crippen LogP contribution in [0, 0.1) is 0 Å². The molecule has 76 valence electrons. The average Bonchev–Trinajstić information content (AvgIpc) is 2.25. The Labute approximate surface area is 85.4 Å². The van der Waals surface area contributed by atoms with Crippen LogP contribution in [0.5, 0.6) is 5.75 Å².